The number of carbonyl (C=O) groups excluding carboxylic acids is 1. The summed E-state index contributed by atoms with van der Waals surface area (Å²) in [6.45, 7) is 10.1. The zero-order valence-corrected chi connectivity index (χ0v) is 23.3. The van der Waals surface area contributed by atoms with Crippen LogP contribution in [0.2, 0.25) is 0 Å². The number of aromatic nitrogens is 1. The zero-order valence-electron chi connectivity index (χ0n) is 23.3. The quantitative estimate of drug-likeness (QED) is 0.210. The summed E-state index contributed by atoms with van der Waals surface area (Å²) in [5, 5.41) is 23.9. The molecule has 39 heavy (non-hydrogen) atoms. The van der Waals surface area contributed by atoms with E-state index in [1.165, 1.54) is 12.8 Å². The van der Waals surface area contributed by atoms with Crippen molar-refractivity contribution >= 4 is 28.2 Å². The molecule has 0 radical (unpaired) electrons. The predicted molar refractivity (Wildman–Crippen MR) is 151 cm³/mol. The Hall–Kier alpha value is -3.72. The molecule has 0 unspecified atom stereocenters. The summed E-state index contributed by atoms with van der Waals surface area (Å²) in [6, 6.07) is 15.5. The van der Waals surface area contributed by atoms with Crippen molar-refractivity contribution < 1.29 is 19.5 Å². The second-order valence-electron chi connectivity index (χ2n) is 12.0. The zero-order chi connectivity index (χ0) is 27.8. The van der Waals surface area contributed by atoms with E-state index in [1.807, 2.05) is 53.1 Å². The van der Waals surface area contributed by atoms with Crippen LogP contribution in [0.5, 0.6) is 11.6 Å². The first-order chi connectivity index (χ1) is 18.6. The van der Waals surface area contributed by atoms with Crippen LogP contribution in [0.4, 0.5) is 5.69 Å². The van der Waals surface area contributed by atoms with Crippen LogP contribution in [0.25, 0.3) is 10.9 Å². The number of methoxy groups -OCH3 is 1. The SMILES string of the molecule is COc1ccc(/C(C)=N\OCC(=O)N=Nc2c(O)n(CN3C[C@]4(C)C[C@@H]3CC(C)(C)C4)c3ccccc23)cc1. The topological polar surface area (TPSA) is 101 Å². The number of para-hydroxylation sites is 1. The highest BCUT2D eigenvalue weighted by atomic mass is 16.6. The Morgan fingerprint density at radius 1 is 1.10 bits per heavy atom. The van der Waals surface area contributed by atoms with Gasteiger partial charge in [-0.15, -0.1) is 10.2 Å². The highest BCUT2D eigenvalue weighted by molar-refractivity contribution is 5.98. The first-order valence-corrected chi connectivity index (χ1v) is 13.4. The van der Waals surface area contributed by atoms with Gasteiger partial charge >= 0.3 is 5.91 Å². The number of carbonyl (C=O) groups is 1. The highest BCUT2D eigenvalue weighted by Crippen LogP contribution is 2.53. The van der Waals surface area contributed by atoms with Crippen molar-refractivity contribution in [3.63, 3.8) is 0 Å². The van der Waals surface area contributed by atoms with Crippen LogP contribution in [0.3, 0.4) is 0 Å². The third kappa shape index (κ3) is 5.68. The van der Waals surface area contributed by atoms with E-state index in [4.69, 9.17) is 9.57 Å². The van der Waals surface area contributed by atoms with Gasteiger partial charge in [-0.3, -0.25) is 14.3 Å². The molecule has 2 aromatic carbocycles. The monoisotopic (exact) mass is 531 g/mol. The van der Waals surface area contributed by atoms with Gasteiger partial charge in [0.15, 0.2) is 12.3 Å². The Morgan fingerprint density at radius 3 is 2.59 bits per heavy atom. The molecular formula is C30H37N5O4. The summed E-state index contributed by atoms with van der Waals surface area (Å²) >= 11 is 0. The van der Waals surface area contributed by atoms with Gasteiger partial charge in [-0.05, 0) is 72.9 Å². The van der Waals surface area contributed by atoms with Crippen molar-refractivity contribution in [3.8, 4) is 11.6 Å². The van der Waals surface area contributed by atoms with E-state index in [2.05, 4.69) is 41.1 Å². The van der Waals surface area contributed by atoms with E-state index in [9.17, 15) is 9.90 Å². The average Bonchev–Trinajstić information content (AvgIpc) is 3.30. The Labute approximate surface area is 229 Å². The lowest BCUT2D eigenvalue weighted by Gasteiger charge is -2.40. The van der Waals surface area contributed by atoms with Crippen LogP contribution in [-0.4, -0.2) is 52.5 Å². The van der Waals surface area contributed by atoms with Crippen LogP contribution in [0.15, 0.2) is 63.9 Å². The molecule has 206 valence electrons. The number of rotatable bonds is 8. The van der Waals surface area contributed by atoms with Gasteiger partial charge in [-0.1, -0.05) is 44.1 Å². The molecule has 1 aliphatic heterocycles. The molecule has 2 bridgehead atoms. The molecule has 9 heteroatoms. The molecule has 1 saturated carbocycles. The Bertz CT molecular complexity index is 1430. The van der Waals surface area contributed by atoms with Crippen molar-refractivity contribution in [2.45, 2.75) is 59.7 Å². The van der Waals surface area contributed by atoms with Gasteiger partial charge in [0.2, 0.25) is 5.88 Å². The van der Waals surface area contributed by atoms with Gasteiger partial charge in [0, 0.05) is 18.0 Å². The number of azo groups is 1. The van der Waals surface area contributed by atoms with Crippen LogP contribution in [-0.2, 0) is 16.3 Å². The largest absolute Gasteiger partial charge is 0.497 e. The smallest absolute Gasteiger partial charge is 0.304 e. The second-order valence-corrected chi connectivity index (χ2v) is 12.0. The summed E-state index contributed by atoms with van der Waals surface area (Å²) < 4.78 is 7.04. The average molecular weight is 532 g/mol. The van der Waals surface area contributed by atoms with E-state index >= 15 is 0 Å². The molecule has 2 aliphatic rings. The molecule has 1 N–H and O–H groups in total. The first-order valence-electron chi connectivity index (χ1n) is 13.4. The number of oxime groups is 1. The fraction of sp³-hybridized carbons (Fsp3) is 0.467. The lowest BCUT2D eigenvalue weighted by Crippen LogP contribution is -2.35. The van der Waals surface area contributed by atoms with E-state index < -0.39 is 5.91 Å². The van der Waals surface area contributed by atoms with Gasteiger partial charge in [0.25, 0.3) is 0 Å². The molecule has 2 heterocycles. The molecule has 2 atom stereocenters. The number of amides is 1. The van der Waals surface area contributed by atoms with Crippen LogP contribution < -0.4 is 4.74 Å². The van der Waals surface area contributed by atoms with Crippen molar-refractivity contribution in [2.24, 2.45) is 26.2 Å². The van der Waals surface area contributed by atoms with E-state index in [-0.39, 0.29) is 23.6 Å². The van der Waals surface area contributed by atoms with Crippen molar-refractivity contribution in [2.75, 3.05) is 20.3 Å². The minimum atomic E-state index is -0.596. The van der Waals surface area contributed by atoms with Gasteiger partial charge in [-0.2, -0.15) is 0 Å². The molecule has 1 saturated heterocycles. The third-order valence-corrected chi connectivity index (χ3v) is 7.92. The molecular weight excluding hydrogens is 494 g/mol. The number of fused-ring (bicyclic) bond motifs is 3. The molecule has 5 rings (SSSR count). The normalized spacial score (nSPS) is 23.0. The molecule has 1 aromatic heterocycles. The molecule has 2 fully saturated rings. The Balaban J connectivity index is 1.29. The van der Waals surface area contributed by atoms with Crippen molar-refractivity contribution in [1.29, 1.82) is 0 Å². The maximum Gasteiger partial charge on any atom is 0.304 e. The molecule has 9 nitrogen and oxygen atoms in total. The fourth-order valence-electron chi connectivity index (χ4n) is 6.64. The molecule has 0 spiro atoms. The predicted octanol–water partition coefficient (Wildman–Crippen LogP) is 6.26. The van der Waals surface area contributed by atoms with E-state index in [1.54, 1.807) is 14.0 Å². The summed E-state index contributed by atoms with van der Waals surface area (Å²) in [5.41, 5.74) is 3.21. The summed E-state index contributed by atoms with van der Waals surface area (Å²) in [6.07, 6.45) is 3.53. The molecule has 1 amide bonds. The Morgan fingerprint density at radius 2 is 1.85 bits per heavy atom. The third-order valence-electron chi connectivity index (χ3n) is 7.92. The van der Waals surface area contributed by atoms with E-state index in [0.717, 1.165) is 35.2 Å². The number of hydrogen-bond acceptors (Lipinski definition) is 7. The number of likely N-dealkylation sites (tertiary alicyclic amines) is 1. The van der Waals surface area contributed by atoms with Crippen molar-refractivity contribution in [3.05, 3.63) is 54.1 Å². The van der Waals surface area contributed by atoms with Crippen LogP contribution in [0, 0.1) is 10.8 Å². The number of benzene rings is 2. The van der Waals surface area contributed by atoms with Crippen LogP contribution >= 0.6 is 0 Å². The molecule has 3 aromatic rings. The summed E-state index contributed by atoms with van der Waals surface area (Å²) in [4.78, 5) is 20.1. The minimum absolute atomic E-state index is 0.00731. The van der Waals surface area contributed by atoms with Crippen molar-refractivity contribution in [1.82, 2.24) is 9.47 Å². The van der Waals surface area contributed by atoms with Gasteiger partial charge in [-0.25, -0.2) is 0 Å². The number of hydrogen-bond donors (Lipinski definition) is 1. The summed E-state index contributed by atoms with van der Waals surface area (Å²) in [5.74, 6) is 0.156. The van der Waals surface area contributed by atoms with Gasteiger partial charge in [0.1, 0.15) is 5.75 Å². The number of nitrogens with zero attached hydrogens (tertiary/aromatic N) is 5. The second kappa shape index (κ2) is 10.4. The van der Waals surface area contributed by atoms with Crippen LogP contribution in [0.1, 0.15) is 52.5 Å². The maximum absolute atomic E-state index is 12.4. The lowest BCUT2D eigenvalue weighted by molar-refractivity contribution is -0.122. The minimum Gasteiger partial charge on any atom is -0.497 e. The standard InChI is InChI=1S/C30H37N5O4/c1-20(21-10-12-23(38-5)13-11-21)33-39-16-26(36)31-32-27-24-8-6-7-9-25(24)35(28(27)37)19-34-18-30(4)15-22(34)14-29(2,3)17-30/h6-13,22,37H,14-19H2,1-5H3/b32-31?,33-20-/t22-,30+/m0/s1. The fourth-order valence-corrected chi connectivity index (χ4v) is 6.64. The van der Waals surface area contributed by atoms with Gasteiger partial charge in [0.05, 0.1) is 25.0 Å². The van der Waals surface area contributed by atoms with Gasteiger partial charge < -0.3 is 14.7 Å². The Kier molecular flexibility index (Phi) is 7.20. The lowest BCUT2D eigenvalue weighted by atomic mass is 9.65. The number of ether oxygens (including phenoxy) is 1. The number of aromatic hydroxyl groups is 1. The highest BCUT2D eigenvalue weighted by Gasteiger charge is 2.49. The summed E-state index contributed by atoms with van der Waals surface area (Å²) in [7, 11) is 1.61. The first kappa shape index (κ1) is 26.9. The maximum atomic E-state index is 12.4. The molecule has 1 aliphatic carbocycles. The van der Waals surface area contributed by atoms with E-state index in [0.29, 0.717) is 23.8 Å².